The molecule has 0 saturated heterocycles. The van der Waals surface area contributed by atoms with Crippen molar-refractivity contribution in [1.29, 1.82) is 0 Å². The van der Waals surface area contributed by atoms with Crippen LogP contribution in [0.4, 0.5) is 0 Å². The summed E-state index contributed by atoms with van der Waals surface area (Å²) in [7, 11) is 0. The molecule has 0 spiro atoms. The van der Waals surface area contributed by atoms with Crippen molar-refractivity contribution in [1.82, 2.24) is 4.98 Å². The van der Waals surface area contributed by atoms with Gasteiger partial charge in [0.05, 0.1) is 6.20 Å². The number of benzene rings is 1. The zero-order valence-electron chi connectivity index (χ0n) is 14.4. The van der Waals surface area contributed by atoms with E-state index in [1.807, 2.05) is 69.3 Å². The predicted octanol–water partition coefficient (Wildman–Crippen LogP) is 5.33. The second kappa shape index (κ2) is 9.40. The number of rotatable bonds is 5. The zero-order valence-corrected chi connectivity index (χ0v) is 14.4. The Morgan fingerprint density at radius 2 is 1.92 bits per heavy atom. The summed E-state index contributed by atoms with van der Waals surface area (Å²) in [4.78, 5) is 3.86. The minimum Gasteiger partial charge on any atom is -0.486 e. The van der Waals surface area contributed by atoms with Crippen molar-refractivity contribution in [2.75, 3.05) is 0 Å². The van der Waals surface area contributed by atoms with Gasteiger partial charge in [0, 0.05) is 6.08 Å². The third-order valence-corrected chi connectivity index (χ3v) is 3.14. The lowest BCUT2D eigenvalue weighted by Gasteiger charge is -2.08. The van der Waals surface area contributed by atoms with Crippen LogP contribution in [0.1, 0.15) is 31.6 Å². The molecule has 4 heteroatoms. The first-order valence-electron chi connectivity index (χ1n) is 8.13. The Balaban J connectivity index is 0.00000100. The molecule has 0 fully saturated rings. The van der Waals surface area contributed by atoms with Crippen LogP contribution in [0, 0.1) is 6.92 Å². The monoisotopic (exact) mass is 325 g/mol. The number of hydrogen-bond acceptors (Lipinski definition) is 4. The van der Waals surface area contributed by atoms with Crippen LogP contribution in [0.15, 0.2) is 77.1 Å². The molecule has 0 unspecified atom stereocenters. The third kappa shape index (κ3) is 5.47. The van der Waals surface area contributed by atoms with Gasteiger partial charge in [-0.3, -0.25) is 0 Å². The molecule has 0 atom stereocenters. The molecule has 126 valence electrons. The molecule has 0 N–H and O–H groups in total. The molecule has 24 heavy (non-hydrogen) atoms. The van der Waals surface area contributed by atoms with E-state index in [2.05, 4.69) is 4.98 Å². The number of aryl methyl sites for hydroxylation is 1. The van der Waals surface area contributed by atoms with Gasteiger partial charge in [0.15, 0.2) is 12.2 Å². The quantitative estimate of drug-likeness (QED) is 0.745. The van der Waals surface area contributed by atoms with Crippen LogP contribution < -0.4 is 4.74 Å². The summed E-state index contributed by atoms with van der Waals surface area (Å²) in [6.45, 7) is 6.40. The number of nitrogens with zero attached hydrogens (tertiary/aromatic N) is 1. The third-order valence-electron chi connectivity index (χ3n) is 3.14. The first-order valence-corrected chi connectivity index (χ1v) is 8.13. The van der Waals surface area contributed by atoms with E-state index in [-0.39, 0.29) is 0 Å². The van der Waals surface area contributed by atoms with Crippen molar-refractivity contribution in [2.24, 2.45) is 0 Å². The number of allylic oxidation sites excluding steroid dienone is 4. The van der Waals surface area contributed by atoms with Crippen LogP contribution in [0.25, 0.3) is 0 Å². The average Bonchev–Trinajstić information content (AvgIpc) is 3.04. The van der Waals surface area contributed by atoms with E-state index in [1.54, 1.807) is 6.20 Å². The van der Waals surface area contributed by atoms with Crippen LogP contribution in [0.2, 0.25) is 0 Å². The Hall–Kier alpha value is -2.75. The molecule has 1 aromatic heterocycles. The Bertz CT molecular complexity index is 695. The zero-order chi connectivity index (χ0) is 17.2. The lowest BCUT2D eigenvalue weighted by Crippen LogP contribution is -1.95. The fraction of sp³-hybridized carbons (Fsp3) is 0.250. The molecule has 0 bridgehead atoms. The Morgan fingerprint density at radius 3 is 2.62 bits per heavy atom. The van der Waals surface area contributed by atoms with Gasteiger partial charge in [0.25, 0.3) is 0 Å². The number of aromatic nitrogens is 1. The molecule has 2 aromatic rings. The summed E-state index contributed by atoms with van der Waals surface area (Å²) in [5.41, 5.74) is 1.20. The largest absolute Gasteiger partial charge is 0.486 e. The molecule has 0 aliphatic heterocycles. The van der Waals surface area contributed by atoms with Crippen molar-refractivity contribution >= 4 is 0 Å². The molecule has 1 aliphatic carbocycles. The first-order chi connectivity index (χ1) is 11.8. The van der Waals surface area contributed by atoms with E-state index in [4.69, 9.17) is 13.9 Å². The van der Waals surface area contributed by atoms with Gasteiger partial charge in [-0.25, -0.2) is 4.98 Å². The fourth-order valence-electron chi connectivity index (χ4n) is 1.99. The fourth-order valence-corrected chi connectivity index (χ4v) is 1.99. The topological polar surface area (TPSA) is 44.5 Å². The highest BCUT2D eigenvalue weighted by Gasteiger charge is 2.05. The van der Waals surface area contributed by atoms with Gasteiger partial charge in [-0.2, -0.15) is 0 Å². The molecule has 4 nitrogen and oxygen atoms in total. The highest BCUT2D eigenvalue weighted by Crippen LogP contribution is 2.19. The van der Waals surface area contributed by atoms with E-state index < -0.39 is 0 Å². The minimum absolute atomic E-state index is 0.347. The maximum absolute atomic E-state index is 5.88. The van der Waals surface area contributed by atoms with Gasteiger partial charge in [0.1, 0.15) is 23.9 Å². The minimum atomic E-state index is 0.347. The summed E-state index contributed by atoms with van der Waals surface area (Å²) in [6, 6.07) is 7.95. The van der Waals surface area contributed by atoms with Crippen LogP contribution >= 0.6 is 0 Å². The van der Waals surface area contributed by atoms with E-state index >= 15 is 0 Å². The van der Waals surface area contributed by atoms with E-state index in [0.717, 1.165) is 23.7 Å². The SMILES string of the molecule is CC.Cc1ccc(OC2=CC(OCc3cnco3)=CCC=C2)cc1. The second-order valence-electron chi connectivity index (χ2n) is 4.96. The standard InChI is InChI=1S/C18H17NO3.C2H6/c1-14-6-8-15(9-7-14)22-17-5-3-2-4-16(10-17)20-12-18-11-19-13-21-18;1-2/h3-11,13H,2,12H2,1H3;1-2H3. The molecule has 1 aromatic carbocycles. The summed E-state index contributed by atoms with van der Waals surface area (Å²) in [5, 5.41) is 0. The van der Waals surface area contributed by atoms with Crippen molar-refractivity contribution in [3.63, 3.8) is 0 Å². The maximum atomic E-state index is 5.88. The van der Waals surface area contributed by atoms with Crippen molar-refractivity contribution in [3.8, 4) is 5.75 Å². The smallest absolute Gasteiger partial charge is 0.181 e. The summed E-state index contributed by atoms with van der Waals surface area (Å²) < 4.78 is 16.8. The number of hydrogen-bond donors (Lipinski definition) is 0. The first kappa shape index (κ1) is 17.6. The van der Waals surface area contributed by atoms with Crippen LogP contribution in [0.3, 0.4) is 0 Å². The van der Waals surface area contributed by atoms with E-state index in [9.17, 15) is 0 Å². The highest BCUT2D eigenvalue weighted by atomic mass is 16.5. The summed E-state index contributed by atoms with van der Waals surface area (Å²) in [6.07, 6.45) is 11.7. The van der Waals surface area contributed by atoms with Crippen molar-refractivity contribution in [3.05, 3.63) is 84.0 Å². The lowest BCUT2D eigenvalue weighted by molar-refractivity contribution is 0.186. The average molecular weight is 325 g/mol. The molecule has 0 amide bonds. The lowest BCUT2D eigenvalue weighted by atomic mass is 10.2. The Kier molecular flexibility index (Phi) is 6.90. The van der Waals surface area contributed by atoms with Gasteiger partial charge in [-0.1, -0.05) is 37.6 Å². The van der Waals surface area contributed by atoms with Gasteiger partial charge in [-0.05, 0) is 37.6 Å². The highest BCUT2D eigenvalue weighted by molar-refractivity contribution is 5.33. The van der Waals surface area contributed by atoms with E-state index in [1.165, 1.54) is 12.0 Å². The van der Waals surface area contributed by atoms with Crippen LogP contribution in [-0.2, 0) is 11.3 Å². The molecule has 1 aliphatic rings. The number of oxazole rings is 1. The van der Waals surface area contributed by atoms with Crippen LogP contribution in [-0.4, -0.2) is 4.98 Å². The molecule has 1 heterocycles. The molecule has 0 saturated carbocycles. The van der Waals surface area contributed by atoms with Gasteiger partial charge in [0.2, 0.25) is 0 Å². The molecule has 3 rings (SSSR count). The van der Waals surface area contributed by atoms with Crippen LogP contribution in [0.5, 0.6) is 5.75 Å². The van der Waals surface area contributed by atoms with Gasteiger partial charge >= 0.3 is 0 Å². The second-order valence-corrected chi connectivity index (χ2v) is 4.96. The summed E-state index contributed by atoms with van der Waals surface area (Å²) >= 11 is 0. The molecule has 0 radical (unpaired) electrons. The van der Waals surface area contributed by atoms with E-state index in [0.29, 0.717) is 12.4 Å². The normalized spacial score (nSPS) is 13.1. The van der Waals surface area contributed by atoms with Gasteiger partial charge in [-0.15, -0.1) is 0 Å². The predicted molar refractivity (Wildman–Crippen MR) is 94.4 cm³/mol. The Labute approximate surface area is 143 Å². The van der Waals surface area contributed by atoms with Crippen molar-refractivity contribution < 1.29 is 13.9 Å². The molecular formula is C20H23NO3. The number of ether oxygens (including phenoxy) is 2. The molecular weight excluding hydrogens is 302 g/mol. The maximum Gasteiger partial charge on any atom is 0.181 e. The van der Waals surface area contributed by atoms with Crippen molar-refractivity contribution in [2.45, 2.75) is 33.8 Å². The van der Waals surface area contributed by atoms with Gasteiger partial charge < -0.3 is 13.9 Å². The summed E-state index contributed by atoms with van der Waals surface area (Å²) in [5.74, 6) is 2.99. The Morgan fingerprint density at radius 1 is 1.12 bits per heavy atom.